The van der Waals surface area contributed by atoms with Gasteiger partial charge in [-0.05, 0) is 42.5 Å². The van der Waals surface area contributed by atoms with Gasteiger partial charge in [-0.15, -0.1) is 0 Å². The highest BCUT2D eigenvalue weighted by Gasteiger charge is 2.29. The summed E-state index contributed by atoms with van der Waals surface area (Å²) in [5.74, 6) is 1.15. The molecule has 1 fully saturated rings. The molecule has 108 valence electrons. The molecule has 5 heteroatoms. The third-order valence-corrected chi connectivity index (χ3v) is 3.53. The number of hydrogen-bond acceptors (Lipinski definition) is 3. The molecule has 0 bridgehead atoms. The van der Waals surface area contributed by atoms with Gasteiger partial charge in [-0.25, -0.2) is 0 Å². The highest BCUT2D eigenvalue weighted by Crippen LogP contribution is 2.24. The van der Waals surface area contributed by atoms with Crippen LogP contribution in [0.25, 0.3) is 0 Å². The zero-order valence-electron chi connectivity index (χ0n) is 11.2. The van der Waals surface area contributed by atoms with Crippen LogP contribution in [0.1, 0.15) is 10.4 Å². The summed E-state index contributed by atoms with van der Waals surface area (Å²) < 4.78 is 5.70. The molecule has 3 rings (SSSR count). The second-order valence-corrected chi connectivity index (χ2v) is 5.38. The number of aliphatic hydroxyl groups excluding tert-OH is 1. The second kappa shape index (κ2) is 5.76. The Morgan fingerprint density at radius 3 is 2.52 bits per heavy atom. The Labute approximate surface area is 127 Å². The van der Waals surface area contributed by atoms with Crippen molar-refractivity contribution in [2.24, 2.45) is 0 Å². The van der Waals surface area contributed by atoms with E-state index in [4.69, 9.17) is 16.3 Å². The predicted octanol–water partition coefficient (Wildman–Crippen LogP) is 2.95. The molecule has 2 aromatic carbocycles. The minimum atomic E-state index is -0.401. The number of ether oxygens (including phenoxy) is 1. The molecule has 0 unspecified atom stereocenters. The van der Waals surface area contributed by atoms with E-state index in [2.05, 4.69) is 0 Å². The lowest BCUT2D eigenvalue weighted by Gasteiger charge is -2.35. The molecule has 0 radical (unpaired) electrons. The fourth-order valence-corrected chi connectivity index (χ4v) is 2.26. The number of rotatable bonds is 3. The van der Waals surface area contributed by atoms with Gasteiger partial charge in [0.25, 0.3) is 5.91 Å². The van der Waals surface area contributed by atoms with E-state index in [-0.39, 0.29) is 5.91 Å². The number of carbonyl (C=O) groups excluding carboxylic acids is 1. The van der Waals surface area contributed by atoms with Crippen molar-refractivity contribution in [2.45, 2.75) is 6.10 Å². The van der Waals surface area contributed by atoms with Gasteiger partial charge in [-0.2, -0.15) is 0 Å². The Kier molecular flexibility index (Phi) is 3.82. The molecular formula is C16H14ClNO3. The molecule has 0 saturated carbocycles. The molecule has 21 heavy (non-hydrogen) atoms. The van der Waals surface area contributed by atoms with Crippen molar-refractivity contribution in [3.63, 3.8) is 0 Å². The molecule has 0 aliphatic carbocycles. The molecular weight excluding hydrogens is 290 g/mol. The summed E-state index contributed by atoms with van der Waals surface area (Å²) in [5, 5.41) is 9.90. The van der Waals surface area contributed by atoms with Crippen molar-refractivity contribution in [3.8, 4) is 11.5 Å². The van der Waals surface area contributed by atoms with Crippen LogP contribution in [0.4, 0.5) is 0 Å². The van der Waals surface area contributed by atoms with Crippen molar-refractivity contribution in [3.05, 3.63) is 59.1 Å². The summed E-state index contributed by atoms with van der Waals surface area (Å²) in [4.78, 5) is 13.8. The van der Waals surface area contributed by atoms with Crippen LogP contribution in [-0.4, -0.2) is 35.1 Å². The van der Waals surface area contributed by atoms with Gasteiger partial charge in [0.15, 0.2) is 0 Å². The molecule has 1 N–H and O–H groups in total. The number of nitrogens with zero attached hydrogens (tertiary/aromatic N) is 1. The second-order valence-electron chi connectivity index (χ2n) is 4.95. The summed E-state index contributed by atoms with van der Waals surface area (Å²) in [6.45, 7) is 0.780. The first kappa shape index (κ1) is 13.9. The molecule has 1 aliphatic heterocycles. The molecule has 1 aliphatic rings. The van der Waals surface area contributed by atoms with E-state index < -0.39 is 6.10 Å². The van der Waals surface area contributed by atoms with E-state index in [0.29, 0.717) is 35.2 Å². The monoisotopic (exact) mass is 303 g/mol. The Hall–Kier alpha value is -2.04. The number of aliphatic hydroxyl groups is 1. The van der Waals surface area contributed by atoms with Gasteiger partial charge in [-0.1, -0.05) is 17.7 Å². The maximum atomic E-state index is 12.2. The molecule has 1 heterocycles. The van der Waals surface area contributed by atoms with Crippen LogP contribution in [0, 0.1) is 0 Å². The summed E-state index contributed by atoms with van der Waals surface area (Å²) in [5.41, 5.74) is 0.549. The first-order valence-electron chi connectivity index (χ1n) is 6.62. The topological polar surface area (TPSA) is 49.8 Å². The lowest BCUT2D eigenvalue weighted by Crippen LogP contribution is -2.53. The SMILES string of the molecule is O=C(c1cccc(Oc2ccc(Cl)cc2)c1)N1CC(O)C1. The summed E-state index contributed by atoms with van der Waals surface area (Å²) in [6.07, 6.45) is -0.401. The number of likely N-dealkylation sites (tertiary alicyclic amines) is 1. The van der Waals surface area contributed by atoms with Crippen LogP contribution in [0.15, 0.2) is 48.5 Å². The highest BCUT2D eigenvalue weighted by atomic mass is 35.5. The van der Waals surface area contributed by atoms with Crippen molar-refractivity contribution >= 4 is 17.5 Å². The van der Waals surface area contributed by atoms with E-state index >= 15 is 0 Å². The normalized spacial score (nSPS) is 14.7. The van der Waals surface area contributed by atoms with Crippen LogP contribution in [0.3, 0.4) is 0 Å². The fraction of sp³-hybridized carbons (Fsp3) is 0.188. The molecule has 4 nitrogen and oxygen atoms in total. The number of hydrogen-bond donors (Lipinski definition) is 1. The fourth-order valence-electron chi connectivity index (χ4n) is 2.14. The lowest BCUT2D eigenvalue weighted by atomic mass is 10.1. The standard InChI is InChI=1S/C16H14ClNO3/c17-12-4-6-14(7-5-12)21-15-3-1-2-11(8-15)16(20)18-9-13(19)10-18/h1-8,13,19H,9-10H2. The third kappa shape index (κ3) is 3.17. The van der Waals surface area contributed by atoms with Gasteiger partial charge in [-0.3, -0.25) is 4.79 Å². The van der Waals surface area contributed by atoms with Crippen molar-refractivity contribution in [1.82, 2.24) is 4.90 Å². The average Bonchev–Trinajstić information content (AvgIpc) is 2.46. The van der Waals surface area contributed by atoms with Gasteiger partial charge in [0.1, 0.15) is 11.5 Å². The van der Waals surface area contributed by atoms with Crippen molar-refractivity contribution in [1.29, 1.82) is 0 Å². The molecule has 0 aromatic heterocycles. The average molecular weight is 304 g/mol. The summed E-state index contributed by atoms with van der Waals surface area (Å²) in [7, 11) is 0. The number of β-amino-alcohol motifs (C(OH)–C–C–N with tert-alkyl or cyclic N) is 1. The van der Waals surface area contributed by atoms with Crippen LogP contribution < -0.4 is 4.74 Å². The Bertz CT molecular complexity index is 651. The van der Waals surface area contributed by atoms with Crippen molar-refractivity contribution in [2.75, 3.05) is 13.1 Å². The number of halogens is 1. The van der Waals surface area contributed by atoms with E-state index in [1.54, 1.807) is 53.4 Å². The largest absolute Gasteiger partial charge is 0.457 e. The van der Waals surface area contributed by atoms with Crippen LogP contribution in [0.2, 0.25) is 5.02 Å². The first-order valence-corrected chi connectivity index (χ1v) is 7.00. The maximum absolute atomic E-state index is 12.2. The van der Waals surface area contributed by atoms with Gasteiger partial charge in [0, 0.05) is 23.7 Å². The van der Waals surface area contributed by atoms with Crippen LogP contribution in [0.5, 0.6) is 11.5 Å². The van der Waals surface area contributed by atoms with Gasteiger partial charge in [0.05, 0.1) is 6.10 Å². The first-order chi connectivity index (χ1) is 10.1. The van der Waals surface area contributed by atoms with Gasteiger partial charge < -0.3 is 14.7 Å². The number of amides is 1. The van der Waals surface area contributed by atoms with Crippen LogP contribution >= 0.6 is 11.6 Å². The minimum Gasteiger partial charge on any atom is -0.457 e. The predicted molar refractivity (Wildman–Crippen MR) is 79.9 cm³/mol. The lowest BCUT2D eigenvalue weighted by molar-refractivity contribution is 0.00588. The van der Waals surface area contributed by atoms with E-state index in [1.165, 1.54) is 0 Å². The molecule has 1 amide bonds. The quantitative estimate of drug-likeness (QED) is 0.948. The highest BCUT2D eigenvalue weighted by molar-refractivity contribution is 6.30. The molecule has 0 atom stereocenters. The Morgan fingerprint density at radius 1 is 1.14 bits per heavy atom. The van der Waals surface area contributed by atoms with Gasteiger partial charge >= 0.3 is 0 Å². The van der Waals surface area contributed by atoms with E-state index in [1.807, 2.05) is 0 Å². The maximum Gasteiger partial charge on any atom is 0.254 e. The summed E-state index contributed by atoms with van der Waals surface area (Å²) >= 11 is 5.82. The smallest absolute Gasteiger partial charge is 0.254 e. The Morgan fingerprint density at radius 2 is 1.86 bits per heavy atom. The molecule has 2 aromatic rings. The van der Waals surface area contributed by atoms with Gasteiger partial charge in [0.2, 0.25) is 0 Å². The van der Waals surface area contributed by atoms with Crippen molar-refractivity contribution < 1.29 is 14.6 Å². The minimum absolute atomic E-state index is 0.0955. The molecule has 1 saturated heterocycles. The zero-order chi connectivity index (χ0) is 14.8. The van der Waals surface area contributed by atoms with E-state index in [0.717, 1.165) is 0 Å². The number of carbonyl (C=O) groups is 1. The number of benzene rings is 2. The zero-order valence-corrected chi connectivity index (χ0v) is 12.0. The van der Waals surface area contributed by atoms with E-state index in [9.17, 15) is 9.90 Å². The summed E-state index contributed by atoms with van der Waals surface area (Å²) in [6, 6.07) is 14.0. The third-order valence-electron chi connectivity index (χ3n) is 3.28. The Balaban J connectivity index is 1.73. The molecule has 0 spiro atoms. The van der Waals surface area contributed by atoms with Crippen LogP contribution in [-0.2, 0) is 0 Å².